The van der Waals surface area contributed by atoms with Crippen molar-refractivity contribution < 1.29 is 13.2 Å². The topological polar surface area (TPSA) is 76.1 Å². The van der Waals surface area contributed by atoms with Crippen LogP contribution in [0.25, 0.3) is 11.3 Å². The maximum atomic E-state index is 13.4. The molecule has 1 unspecified atom stereocenters. The van der Waals surface area contributed by atoms with Crippen molar-refractivity contribution in [1.82, 2.24) is 4.98 Å². The van der Waals surface area contributed by atoms with Gasteiger partial charge in [-0.25, -0.2) is 13.4 Å². The third-order valence-corrected chi connectivity index (χ3v) is 7.51. The standard InChI is InChI=1S/C24H25ClN2O3S/c1-31(29,30)20-13-7-17(8-14-20)21-5-4-6-22(26-21)27-23(28)24(15-2-3-16-24)18-9-11-19(25)12-10-18/h4-11,13-14,19H,2-3,12,15-16H2,1H3,(H,26,27,28). The molecule has 1 atom stereocenters. The van der Waals surface area contributed by atoms with E-state index < -0.39 is 15.3 Å². The fraction of sp³-hybridized carbons (Fsp3) is 0.333. The smallest absolute Gasteiger partial charge is 0.236 e. The first-order chi connectivity index (χ1) is 14.8. The van der Waals surface area contributed by atoms with Gasteiger partial charge in [-0.05, 0) is 49.1 Å². The van der Waals surface area contributed by atoms with E-state index in [1.165, 1.54) is 6.26 Å². The van der Waals surface area contributed by atoms with E-state index in [9.17, 15) is 13.2 Å². The third kappa shape index (κ3) is 4.60. The highest BCUT2D eigenvalue weighted by atomic mass is 35.5. The number of hydrogen-bond donors (Lipinski definition) is 1. The van der Waals surface area contributed by atoms with Crippen molar-refractivity contribution in [2.75, 3.05) is 11.6 Å². The Labute approximate surface area is 188 Å². The van der Waals surface area contributed by atoms with Crippen molar-refractivity contribution in [2.45, 2.75) is 42.4 Å². The minimum Gasteiger partial charge on any atom is -0.310 e. The molecule has 162 valence electrons. The molecule has 1 heterocycles. The lowest BCUT2D eigenvalue weighted by molar-refractivity contribution is -0.123. The summed E-state index contributed by atoms with van der Waals surface area (Å²) < 4.78 is 23.4. The van der Waals surface area contributed by atoms with Gasteiger partial charge in [0.15, 0.2) is 9.84 Å². The number of rotatable bonds is 5. The molecular formula is C24H25ClN2O3S. The number of alkyl halides is 1. The predicted molar refractivity (Wildman–Crippen MR) is 124 cm³/mol. The largest absolute Gasteiger partial charge is 0.310 e. The average molecular weight is 457 g/mol. The molecule has 0 aliphatic heterocycles. The number of carbonyl (C=O) groups excluding carboxylic acids is 1. The van der Waals surface area contributed by atoms with Crippen molar-refractivity contribution in [3.8, 4) is 11.3 Å². The van der Waals surface area contributed by atoms with Crippen LogP contribution in [-0.4, -0.2) is 30.9 Å². The van der Waals surface area contributed by atoms with E-state index in [1.807, 2.05) is 24.3 Å². The lowest BCUT2D eigenvalue weighted by atomic mass is 9.75. The van der Waals surface area contributed by atoms with Gasteiger partial charge in [0.2, 0.25) is 5.91 Å². The highest BCUT2D eigenvalue weighted by Gasteiger charge is 2.44. The van der Waals surface area contributed by atoms with Gasteiger partial charge in [-0.2, -0.15) is 0 Å². The number of nitrogens with zero attached hydrogens (tertiary/aromatic N) is 1. The SMILES string of the molecule is CS(=O)(=O)c1ccc(-c2cccc(NC(=O)C3(C4=CCC(Cl)C=C4)CCCC3)n2)cc1. The molecule has 5 nitrogen and oxygen atoms in total. The Morgan fingerprint density at radius 2 is 1.84 bits per heavy atom. The summed E-state index contributed by atoms with van der Waals surface area (Å²) in [7, 11) is -3.25. The highest BCUT2D eigenvalue weighted by Crippen LogP contribution is 2.46. The lowest BCUT2D eigenvalue weighted by Gasteiger charge is -2.31. The number of sulfone groups is 1. The molecule has 0 saturated heterocycles. The minimum atomic E-state index is -3.25. The number of pyridine rings is 1. The number of hydrogen-bond acceptors (Lipinski definition) is 4. The summed E-state index contributed by atoms with van der Waals surface area (Å²) in [6, 6.07) is 12.0. The van der Waals surface area contributed by atoms with E-state index in [0.29, 0.717) is 11.5 Å². The summed E-state index contributed by atoms with van der Waals surface area (Å²) >= 11 is 6.18. The number of allylic oxidation sites excluding steroid dienone is 3. The van der Waals surface area contributed by atoms with Crippen LogP contribution in [0.4, 0.5) is 5.82 Å². The van der Waals surface area contributed by atoms with Crippen LogP contribution in [-0.2, 0) is 14.6 Å². The van der Waals surface area contributed by atoms with Gasteiger partial charge in [0, 0.05) is 11.8 Å². The Balaban J connectivity index is 1.57. The number of halogens is 1. The molecule has 0 radical (unpaired) electrons. The first-order valence-electron chi connectivity index (χ1n) is 10.4. The van der Waals surface area contributed by atoms with Crippen molar-refractivity contribution in [3.05, 3.63) is 66.3 Å². The molecule has 1 aromatic carbocycles. The third-order valence-electron chi connectivity index (χ3n) is 6.06. The van der Waals surface area contributed by atoms with E-state index >= 15 is 0 Å². The first-order valence-corrected chi connectivity index (χ1v) is 12.7. The number of benzene rings is 1. The molecular weight excluding hydrogens is 432 g/mol. The summed E-state index contributed by atoms with van der Waals surface area (Å²) in [5, 5.41) is 3.01. The summed E-state index contributed by atoms with van der Waals surface area (Å²) in [6.45, 7) is 0. The van der Waals surface area contributed by atoms with Crippen molar-refractivity contribution in [2.24, 2.45) is 5.41 Å². The van der Waals surface area contributed by atoms with Crippen molar-refractivity contribution >= 4 is 33.2 Å². The van der Waals surface area contributed by atoms with E-state index in [0.717, 1.165) is 43.2 Å². The van der Waals surface area contributed by atoms with Gasteiger partial charge in [0.05, 0.1) is 21.4 Å². The molecule has 2 aliphatic carbocycles. The van der Waals surface area contributed by atoms with Crippen LogP contribution in [0, 0.1) is 5.41 Å². The molecule has 1 fully saturated rings. The van der Waals surface area contributed by atoms with Crippen LogP contribution in [0.3, 0.4) is 0 Å². The monoisotopic (exact) mass is 456 g/mol. The molecule has 2 aliphatic rings. The maximum Gasteiger partial charge on any atom is 0.236 e. The van der Waals surface area contributed by atoms with E-state index in [2.05, 4.69) is 16.4 Å². The lowest BCUT2D eigenvalue weighted by Crippen LogP contribution is -2.36. The number of nitrogens with one attached hydrogen (secondary N) is 1. The Kier molecular flexibility index (Phi) is 6.04. The molecule has 1 amide bonds. The zero-order valence-corrected chi connectivity index (χ0v) is 18.9. The first kappa shape index (κ1) is 21.8. The zero-order chi connectivity index (χ0) is 22.1. The van der Waals surface area contributed by atoms with E-state index in [4.69, 9.17) is 11.6 Å². The number of carbonyl (C=O) groups is 1. The fourth-order valence-corrected chi connectivity index (χ4v) is 5.14. The predicted octanol–water partition coefficient (Wildman–Crippen LogP) is 5.14. The van der Waals surface area contributed by atoms with E-state index in [1.54, 1.807) is 30.3 Å². The number of amides is 1. The second-order valence-corrected chi connectivity index (χ2v) is 10.8. The van der Waals surface area contributed by atoms with Crippen LogP contribution in [0.1, 0.15) is 32.1 Å². The molecule has 1 aromatic heterocycles. The molecule has 1 N–H and O–H groups in total. The zero-order valence-electron chi connectivity index (χ0n) is 17.3. The number of aromatic nitrogens is 1. The van der Waals surface area contributed by atoms with Crippen LogP contribution in [0.15, 0.2) is 71.2 Å². The van der Waals surface area contributed by atoms with Gasteiger partial charge in [0.1, 0.15) is 5.82 Å². The van der Waals surface area contributed by atoms with E-state index in [-0.39, 0.29) is 16.2 Å². The summed E-state index contributed by atoms with van der Waals surface area (Å²) in [4.78, 5) is 18.3. The van der Waals surface area contributed by atoms with Crippen LogP contribution in [0.2, 0.25) is 0 Å². The highest BCUT2D eigenvalue weighted by molar-refractivity contribution is 7.90. The molecule has 0 spiro atoms. The van der Waals surface area contributed by atoms with Crippen molar-refractivity contribution in [1.29, 1.82) is 0 Å². The van der Waals surface area contributed by atoms with Gasteiger partial charge < -0.3 is 5.32 Å². The maximum absolute atomic E-state index is 13.4. The summed E-state index contributed by atoms with van der Waals surface area (Å²) in [6.07, 6.45) is 11.6. The molecule has 1 saturated carbocycles. The Hall–Kier alpha value is -2.44. The van der Waals surface area contributed by atoms with Gasteiger partial charge in [0.25, 0.3) is 0 Å². The Morgan fingerprint density at radius 3 is 2.45 bits per heavy atom. The fourth-order valence-electron chi connectivity index (χ4n) is 4.35. The molecule has 7 heteroatoms. The van der Waals surface area contributed by atoms with Gasteiger partial charge in [-0.1, -0.05) is 49.3 Å². The van der Waals surface area contributed by atoms with Crippen LogP contribution < -0.4 is 5.32 Å². The summed E-state index contributed by atoms with van der Waals surface area (Å²) in [5.41, 5.74) is 1.96. The van der Waals surface area contributed by atoms with Crippen LogP contribution >= 0.6 is 11.6 Å². The van der Waals surface area contributed by atoms with Crippen LogP contribution in [0.5, 0.6) is 0 Å². The average Bonchev–Trinajstić information content (AvgIpc) is 3.25. The number of anilines is 1. The molecule has 0 bridgehead atoms. The van der Waals surface area contributed by atoms with Gasteiger partial charge in [-0.3, -0.25) is 4.79 Å². The molecule has 4 rings (SSSR count). The second-order valence-electron chi connectivity index (χ2n) is 8.22. The molecule has 31 heavy (non-hydrogen) atoms. The van der Waals surface area contributed by atoms with Crippen molar-refractivity contribution in [3.63, 3.8) is 0 Å². The normalized spacial score (nSPS) is 20.3. The van der Waals surface area contributed by atoms with Gasteiger partial charge >= 0.3 is 0 Å². The second kappa shape index (κ2) is 8.60. The summed E-state index contributed by atoms with van der Waals surface area (Å²) in [5.74, 6) is 0.447. The Bertz CT molecular complexity index is 1150. The quantitative estimate of drug-likeness (QED) is 0.631. The minimum absolute atomic E-state index is 0.0160. The Morgan fingerprint density at radius 1 is 1.13 bits per heavy atom. The molecule has 2 aromatic rings. The van der Waals surface area contributed by atoms with Gasteiger partial charge in [-0.15, -0.1) is 11.6 Å².